The molecule has 3 aliphatic rings. The summed E-state index contributed by atoms with van der Waals surface area (Å²) < 4.78 is 0. The van der Waals surface area contributed by atoms with Crippen molar-refractivity contribution in [3.05, 3.63) is 0 Å². The quantitative estimate of drug-likeness (QED) is 0.806. The highest BCUT2D eigenvalue weighted by Crippen LogP contribution is 2.31. The number of nitrogens with two attached hydrogens (primary N) is 1. The first-order chi connectivity index (χ1) is 9.22. The molecule has 0 aromatic heterocycles. The molecule has 2 aliphatic carbocycles. The van der Waals surface area contributed by atoms with E-state index in [0.29, 0.717) is 18.3 Å². The number of halogens is 2. The largest absolute Gasteiger partial charge is 0.356 e. The third-order valence-corrected chi connectivity index (χ3v) is 5.13. The van der Waals surface area contributed by atoms with Gasteiger partial charge >= 0.3 is 0 Å². The van der Waals surface area contributed by atoms with Gasteiger partial charge in [0.05, 0.1) is 0 Å². The Kier molecular flexibility index (Phi) is 7.75. The maximum Gasteiger partial charge on any atom is 0.220 e. The Balaban J connectivity index is 0.00000110. The summed E-state index contributed by atoms with van der Waals surface area (Å²) in [6.45, 7) is 3.29. The van der Waals surface area contributed by atoms with Crippen molar-refractivity contribution in [2.24, 2.45) is 17.6 Å². The van der Waals surface area contributed by atoms with E-state index in [1.807, 2.05) is 0 Å². The Morgan fingerprint density at radius 3 is 2.52 bits per heavy atom. The van der Waals surface area contributed by atoms with Crippen molar-refractivity contribution in [2.75, 3.05) is 19.6 Å². The van der Waals surface area contributed by atoms with E-state index in [2.05, 4.69) is 10.2 Å². The van der Waals surface area contributed by atoms with Crippen molar-refractivity contribution in [2.45, 2.75) is 57.0 Å². The molecule has 3 N–H and O–H groups in total. The first kappa shape index (κ1) is 19.0. The molecule has 21 heavy (non-hydrogen) atoms. The van der Waals surface area contributed by atoms with Gasteiger partial charge in [-0.1, -0.05) is 6.42 Å². The third-order valence-electron chi connectivity index (χ3n) is 5.13. The summed E-state index contributed by atoms with van der Waals surface area (Å²) in [4.78, 5) is 14.5. The number of amides is 1. The Morgan fingerprint density at radius 1 is 1.14 bits per heavy atom. The van der Waals surface area contributed by atoms with Gasteiger partial charge in [-0.2, -0.15) is 0 Å². The van der Waals surface area contributed by atoms with Crippen molar-refractivity contribution >= 4 is 30.7 Å². The van der Waals surface area contributed by atoms with E-state index in [-0.39, 0.29) is 36.8 Å². The average Bonchev–Trinajstić information content (AvgIpc) is 3.01. The average molecular weight is 338 g/mol. The fourth-order valence-corrected chi connectivity index (χ4v) is 3.69. The van der Waals surface area contributed by atoms with Crippen LogP contribution in [0, 0.1) is 11.8 Å². The van der Waals surface area contributed by atoms with Crippen molar-refractivity contribution in [3.63, 3.8) is 0 Å². The molecule has 0 radical (unpaired) electrons. The summed E-state index contributed by atoms with van der Waals surface area (Å²) in [5.41, 5.74) is 6.02. The van der Waals surface area contributed by atoms with E-state index in [1.54, 1.807) is 0 Å². The van der Waals surface area contributed by atoms with Crippen LogP contribution in [0.15, 0.2) is 0 Å². The molecular formula is C15H29Cl2N3O. The third kappa shape index (κ3) is 5.27. The molecule has 0 spiro atoms. The van der Waals surface area contributed by atoms with Crippen LogP contribution >= 0.6 is 24.8 Å². The lowest BCUT2D eigenvalue weighted by atomic mass is 9.99. The van der Waals surface area contributed by atoms with Gasteiger partial charge in [-0.05, 0) is 50.5 Å². The van der Waals surface area contributed by atoms with E-state index >= 15 is 0 Å². The van der Waals surface area contributed by atoms with Gasteiger partial charge < -0.3 is 16.0 Å². The molecule has 3 fully saturated rings. The molecule has 1 amide bonds. The van der Waals surface area contributed by atoms with Gasteiger partial charge in [0, 0.05) is 31.6 Å². The van der Waals surface area contributed by atoms with Gasteiger partial charge in [-0.15, -0.1) is 24.8 Å². The van der Waals surface area contributed by atoms with Crippen LogP contribution in [0.2, 0.25) is 0 Å². The Hall–Kier alpha value is -0.0300. The topological polar surface area (TPSA) is 58.4 Å². The SMILES string of the molecule is Cl.Cl.N[C@@H]1CCC[C@H]1CC(=O)NCC1CCN(C2CC2)C1. The molecule has 6 heteroatoms. The minimum absolute atomic E-state index is 0. The predicted molar refractivity (Wildman–Crippen MR) is 90.1 cm³/mol. The van der Waals surface area contributed by atoms with E-state index in [9.17, 15) is 4.79 Å². The highest BCUT2D eigenvalue weighted by molar-refractivity contribution is 5.85. The lowest BCUT2D eigenvalue weighted by Gasteiger charge is -2.17. The zero-order valence-corrected chi connectivity index (χ0v) is 14.3. The molecule has 1 aliphatic heterocycles. The molecule has 0 aromatic rings. The zero-order valence-electron chi connectivity index (χ0n) is 12.6. The molecular weight excluding hydrogens is 309 g/mol. The maximum atomic E-state index is 11.9. The van der Waals surface area contributed by atoms with Crippen molar-refractivity contribution < 1.29 is 4.79 Å². The van der Waals surface area contributed by atoms with Crippen LogP contribution in [-0.4, -0.2) is 42.5 Å². The molecule has 124 valence electrons. The Bertz CT molecular complexity index is 339. The molecule has 1 heterocycles. The summed E-state index contributed by atoms with van der Waals surface area (Å²) >= 11 is 0. The van der Waals surface area contributed by atoms with Crippen LogP contribution in [-0.2, 0) is 4.79 Å². The number of hydrogen-bond donors (Lipinski definition) is 2. The molecule has 0 bridgehead atoms. The van der Waals surface area contributed by atoms with Crippen LogP contribution in [0.1, 0.15) is 44.9 Å². The molecule has 3 atom stereocenters. The first-order valence-corrected chi connectivity index (χ1v) is 7.98. The van der Waals surface area contributed by atoms with Crippen molar-refractivity contribution in [1.29, 1.82) is 0 Å². The maximum absolute atomic E-state index is 11.9. The standard InChI is InChI=1S/C15H27N3O.2ClH/c16-14-3-1-2-12(14)8-15(19)17-9-11-6-7-18(10-11)13-4-5-13;;/h11-14H,1-10,16H2,(H,17,19);2*1H/t11?,12-,14+;;/m0../s1. The van der Waals surface area contributed by atoms with Gasteiger partial charge in [0.2, 0.25) is 5.91 Å². The summed E-state index contributed by atoms with van der Waals surface area (Å²) in [5, 5.41) is 3.13. The minimum atomic E-state index is 0. The zero-order chi connectivity index (χ0) is 13.2. The summed E-state index contributed by atoms with van der Waals surface area (Å²) in [7, 11) is 0. The van der Waals surface area contributed by atoms with E-state index in [0.717, 1.165) is 25.4 Å². The molecule has 4 nitrogen and oxygen atoms in total. The lowest BCUT2D eigenvalue weighted by molar-refractivity contribution is -0.122. The van der Waals surface area contributed by atoms with Crippen LogP contribution in [0.5, 0.6) is 0 Å². The summed E-state index contributed by atoms with van der Waals surface area (Å²) in [6, 6.07) is 1.12. The van der Waals surface area contributed by atoms with Crippen molar-refractivity contribution in [3.8, 4) is 0 Å². The van der Waals surface area contributed by atoms with E-state index in [4.69, 9.17) is 5.73 Å². The highest BCUT2D eigenvalue weighted by atomic mass is 35.5. The number of likely N-dealkylation sites (tertiary alicyclic amines) is 1. The lowest BCUT2D eigenvalue weighted by Crippen LogP contribution is -2.34. The number of carbonyl (C=O) groups excluding carboxylic acids is 1. The van der Waals surface area contributed by atoms with Gasteiger partial charge in [-0.3, -0.25) is 4.79 Å². The molecule has 2 saturated carbocycles. The van der Waals surface area contributed by atoms with Gasteiger partial charge in [-0.25, -0.2) is 0 Å². The van der Waals surface area contributed by atoms with Crippen LogP contribution < -0.4 is 11.1 Å². The molecule has 0 aromatic carbocycles. The van der Waals surface area contributed by atoms with Crippen LogP contribution in [0.3, 0.4) is 0 Å². The van der Waals surface area contributed by atoms with E-state index in [1.165, 1.54) is 38.8 Å². The minimum Gasteiger partial charge on any atom is -0.356 e. The normalized spacial score (nSPS) is 32.3. The molecule has 1 unspecified atom stereocenters. The van der Waals surface area contributed by atoms with Gasteiger partial charge in [0.15, 0.2) is 0 Å². The number of nitrogens with zero attached hydrogens (tertiary/aromatic N) is 1. The Morgan fingerprint density at radius 2 is 1.90 bits per heavy atom. The summed E-state index contributed by atoms with van der Waals surface area (Å²) in [5.74, 6) is 1.31. The second-order valence-electron chi connectivity index (χ2n) is 6.74. The molecule has 3 rings (SSSR count). The van der Waals surface area contributed by atoms with Gasteiger partial charge in [0.25, 0.3) is 0 Å². The first-order valence-electron chi connectivity index (χ1n) is 7.98. The van der Waals surface area contributed by atoms with Crippen LogP contribution in [0.4, 0.5) is 0 Å². The van der Waals surface area contributed by atoms with E-state index < -0.39 is 0 Å². The van der Waals surface area contributed by atoms with Crippen LogP contribution in [0.25, 0.3) is 0 Å². The Labute approximate surface area is 140 Å². The van der Waals surface area contributed by atoms with Crippen molar-refractivity contribution in [1.82, 2.24) is 10.2 Å². The highest BCUT2D eigenvalue weighted by Gasteiger charge is 2.34. The molecule has 1 saturated heterocycles. The monoisotopic (exact) mass is 337 g/mol. The predicted octanol–water partition coefficient (Wildman–Crippen LogP) is 1.95. The number of hydrogen-bond acceptors (Lipinski definition) is 3. The van der Waals surface area contributed by atoms with Gasteiger partial charge in [0.1, 0.15) is 0 Å². The number of nitrogens with one attached hydrogen (secondary N) is 1. The second kappa shape index (κ2) is 8.56. The fourth-order valence-electron chi connectivity index (χ4n) is 3.69. The smallest absolute Gasteiger partial charge is 0.220 e. The number of rotatable bonds is 5. The summed E-state index contributed by atoms with van der Waals surface area (Å²) in [6.07, 6.45) is 8.08. The number of carbonyl (C=O) groups is 1. The fraction of sp³-hybridized carbons (Fsp3) is 0.933. The second-order valence-corrected chi connectivity index (χ2v) is 6.74.